The van der Waals surface area contributed by atoms with Crippen LogP contribution in [0.3, 0.4) is 0 Å². The Bertz CT molecular complexity index is 568. The van der Waals surface area contributed by atoms with E-state index in [0.29, 0.717) is 18.0 Å². The van der Waals surface area contributed by atoms with Crippen molar-refractivity contribution >= 4 is 28.7 Å². The maximum atomic E-state index is 13.8. The van der Waals surface area contributed by atoms with E-state index >= 15 is 0 Å². The van der Waals surface area contributed by atoms with Gasteiger partial charge in [-0.3, -0.25) is 0 Å². The number of fused-ring (bicyclic) bond motifs is 1. The van der Waals surface area contributed by atoms with E-state index in [2.05, 4.69) is 4.98 Å². The molecule has 0 aliphatic rings. The van der Waals surface area contributed by atoms with Gasteiger partial charge < -0.3 is 10.3 Å². The molecule has 0 spiro atoms. The van der Waals surface area contributed by atoms with Crippen LogP contribution >= 0.6 is 11.8 Å². The van der Waals surface area contributed by atoms with Crippen molar-refractivity contribution in [3.8, 4) is 0 Å². The van der Waals surface area contributed by atoms with Crippen molar-refractivity contribution in [2.75, 3.05) is 17.7 Å². The van der Waals surface area contributed by atoms with Crippen LogP contribution in [-0.2, 0) is 6.54 Å². The summed E-state index contributed by atoms with van der Waals surface area (Å²) in [5.41, 5.74) is 6.32. The summed E-state index contributed by atoms with van der Waals surface area (Å²) in [4.78, 5) is 4.06. The van der Waals surface area contributed by atoms with E-state index in [1.165, 1.54) is 6.07 Å². The molecule has 0 bridgehead atoms. The van der Waals surface area contributed by atoms with Crippen LogP contribution in [-0.4, -0.2) is 21.6 Å². The number of nitrogen functional groups attached to an aromatic ring is 1. The molecule has 2 N–H and O–H groups in total. The van der Waals surface area contributed by atoms with E-state index in [-0.39, 0.29) is 11.5 Å². The highest BCUT2D eigenvalue weighted by Crippen LogP contribution is 2.24. The number of hydrogen-bond acceptors (Lipinski definition) is 3. The van der Waals surface area contributed by atoms with Gasteiger partial charge in [-0.25, -0.2) is 13.8 Å². The Morgan fingerprint density at radius 3 is 2.83 bits per heavy atom. The van der Waals surface area contributed by atoms with Crippen LogP contribution in [0.2, 0.25) is 0 Å². The van der Waals surface area contributed by atoms with Crippen molar-refractivity contribution in [2.45, 2.75) is 13.5 Å². The Morgan fingerprint density at radius 2 is 2.17 bits per heavy atom. The summed E-state index contributed by atoms with van der Waals surface area (Å²) in [5, 5.41) is 0. The molecule has 1 atom stereocenters. The molecule has 0 amide bonds. The topological polar surface area (TPSA) is 43.8 Å². The van der Waals surface area contributed by atoms with E-state index < -0.39 is 11.6 Å². The quantitative estimate of drug-likeness (QED) is 0.930. The fraction of sp³-hybridized carbons (Fsp3) is 0.417. The number of nitrogens with zero attached hydrogens (tertiary/aromatic N) is 2. The van der Waals surface area contributed by atoms with Gasteiger partial charge in [0.05, 0.1) is 5.52 Å². The number of imidazole rings is 1. The molecule has 18 heavy (non-hydrogen) atoms. The lowest BCUT2D eigenvalue weighted by Crippen LogP contribution is -2.12. The number of halogens is 2. The third-order valence-corrected chi connectivity index (χ3v) is 3.68. The van der Waals surface area contributed by atoms with Gasteiger partial charge in [0.15, 0.2) is 11.6 Å². The summed E-state index contributed by atoms with van der Waals surface area (Å²) in [6.07, 6.45) is 2.01. The first-order chi connectivity index (χ1) is 8.54. The molecule has 1 aromatic heterocycles. The molecule has 98 valence electrons. The number of hydrogen-bond donors (Lipinski definition) is 1. The van der Waals surface area contributed by atoms with Crippen molar-refractivity contribution in [3.63, 3.8) is 0 Å². The highest BCUT2D eigenvalue weighted by atomic mass is 32.2. The van der Waals surface area contributed by atoms with Gasteiger partial charge in [0.25, 0.3) is 0 Å². The average Bonchev–Trinajstić information content (AvgIpc) is 2.62. The van der Waals surface area contributed by atoms with Crippen LogP contribution in [0.4, 0.5) is 14.7 Å². The first-order valence-electron chi connectivity index (χ1n) is 5.63. The zero-order valence-corrected chi connectivity index (χ0v) is 11.1. The highest BCUT2D eigenvalue weighted by Gasteiger charge is 2.17. The summed E-state index contributed by atoms with van der Waals surface area (Å²) >= 11 is 1.71. The molecule has 3 nitrogen and oxygen atoms in total. The van der Waals surface area contributed by atoms with Crippen molar-refractivity contribution in [2.24, 2.45) is 5.92 Å². The number of aromatic nitrogens is 2. The summed E-state index contributed by atoms with van der Waals surface area (Å²) < 4.78 is 28.6. The van der Waals surface area contributed by atoms with Crippen LogP contribution in [0.5, 0.6) is 0 Å². The second-order valence-electron chi connectivity index (χ2n) is 4.37. The van der Waals surface area contributed by atoms with Crippen molar-refractivity contribution < 1.29 is 8.78 Å². The van der Waals surface area contributed by atoms with Gasteiger partial charge in [0.1, 0.15) is 5.52 Å². The lowest BCUT2D eigenvalue weighted by molar-refractivity contribution is 0.501. The lowest BCUT2D eigenvalue weighted by Gasteiger charge is -2.13. The van der Waals surface area contributed by atoms with Crippen LogP contribution in [0.1, 0.15) is 6.92 Å². The molecule has 1 unspecified atom stereocenters. The monoisotopic (exact) mass is 271 g/mol. The minimum absolute atomic E-state index is 0.153. The summed E-state index contributed by atoms with van der Waals surface area (Å²) in [6.45, 7) is 2.57. The molecule has 2 rings (SSSR count). The Kier molecular flexibility index (Phi) is 3.75. The molecule has 1 aromatic carbocycles. The Balaban J connectivity index is 2.49. The third kappa shape index (κ3) is 2.29. The summed E-state index contributed by atoms with van der Waals surface area (Å²) in [5.74, 6) is -0.296. The molecule has 0 aliphatic heterocycles. The number of anilines is 1. The van der Waals surface area contributed by atoms with Gasteiger partial charge in [0, 0.05) is 6.54 Å². The minimum Gasteiger partial charge on any atom is -0.369 e. The maximum absolute atomic E-state index is 13.8. The predicted octanol–water partition coefficient (Wildman–Crippen LogP) is 2.90. The van der Waals surface area contributed by atoms with Crippen LogP contribution in [0, 0.1) is 17.6 Å². The lowest BCUT2D eigenvalue weighted by atomic mass is 10.2. The SMILES string of the molecule is CSCC(C)Cn1c(N)nc2ccc(F)c(F)c21. The number of benzene rings is 1. The van der Waals surface area contributed by atoms with E-state index in [4.69, 9.17) is 5.73 Å². The van der Waals surface area contributed by atoms with Gasteiger partial charge in [-0.2, -0.15) is 11.8 Å². The molecule has 6 heteroatoms. The van der Waals surface area contributed by atoms with Crippen LogP contribution in [0.25, 0.3) is 11.0 Å². The molecule has 0 fully saturated rings. The molecule has 1 heterocycles. The van der Waals surface area contributed by atoms with E-state index in [1.54, 1.807) is 16.3 Å². The fourth-order valence-electron chi connectivity index (χ4n) is 2.01. The largest absolute Gasteiger partial charge is 0.369 e. The average molecular weight is 271 g/mol. The fourth-order valence-corrected chi connectivity index (χ4v) is 2.68. The van der Waals surface area contributed by atoms with Crippen molar-refractivity contribution in [3.05, 3.63) is 23.8 Å². The maximum Gasteiger partial charge on any atom is 0.201 e. The minimum atomic E-state index is -0.881. The van der Waals surface area contributed by atoms with Crippen LogP contribution in [0.15, 0.2) is 12.1 Å². The first kappa shape index (κ1) is 13.1. The van der Waals surface area contributed by atoms with Gasteiger partial charge in [-0.05, 0) is 30.1 Å². The van der Waals surface area contributed by atoms with E-state index in [9.17, 15) is 8.78 Å². The molecule has 0 radical (unpaired) electrons. The van der Waals surface area contributed by atoms with Crippen LogP contribution < -0.4 is 5.73 Å². The highest BCUT2D eigenvalue weighted by molar-refractivity contribution is 7.98. The predicted molar refractivity (Wildman–Crippen MR) is 71.6 cm³/mol. The molecule has 0 saturated carbocycles. The summed E-state index contributed by atoms with van der Waals surface area (Å²) in [7, 11) is 0. The Labute approximate surface area is 108 Å². The van der Waals surface area contributed by atoms with Gasteiger partial charge in [0.2, 0.25) is 5.95 Å². The van der Waals surface area contributed by atoms with E-state index in [1.807, 2.05) is 13.2 Å². The standard InChI is InChI=1S/C12H15F2N3S/c1-7(6-18-2)5-17-11-9(16-12(17)15)4-3-8(13)10(11)14/h3-4,7H,5-6H2,1-2H3,(H2,15,16). The van der Waals surface area contributed by atoms with Crippen molar-refractivity contribution in [1.82, 2.24) is 9.55 Å². The second-order valence-corrected chi connectivity index (χ2v) is 5.28. The third-order valence-electron chi connectivity index (χ3n) is 2.77. The zero-order valence-electron chi connectivity index (χ0n) is 10.3. The van der Waals surface area contributed by atoms with Gasteiger partial charge >= 0.3 is 0 Å². The second kappa shape index (κ2) is 5.14. The normalized spacial score (nSPS) is 13.1. The number of nitrogens with two attached hydrogens (primary N) is 1. The molecule has 0 saturated heterocycles. The zero-order chi connectivity index (χ0) is 13.3. The number of rotatable bonds is 4. The summed E-state index contributed by atoms with van der Waals surface area (Å²) in [6, 6.07) is 2.51. The van der Waals surface area contributed by atoms with Crippen molar-refractivity contribution in [1.29, 1.82) is 0 Å². The first-order valence-corrected chi connectivity index (χ1v) is 7.02. The molecular weight excluding hydrogens is 256 g/mol. The Hall–Kier alpha value is -1.30. The van der Waals surface area contributed by atoms with Gasteiger partial charge in [-0.15, -0.1) is 0 Å². The van der Waals surface area contributed by atoms with E-state index in [0.717, 1.165) is 11.8 Å². The smallest absolute Gasteiger partial charge is 0.201 e. The molecule has 2 aromatic rings. The van der Waals surface area contributed by atoms with Gasteiger partial charge in [-0.1, -0.05) is 6.92 Å². The molecule has 0 aliphatic carbocycles. The molecular formula is C12H15F2N3S. The number of thioether (sulfide) groups is 1. The Morgan fingerprint density at radius 1 is 1.44 bits per heavy atom.